The summed E-state index contributed by atoms with van der Waals surface area (Å²) < 4.78 is 0. The molecule has 0 aliphatic rings. The van der Waals surface area contributed by atoms with Crippen molar-refractivity contribution in [2.24, 2.45) is 5.10 Å². The molecule has 7 heteroatoms. The van der Waals surface area contributed by atoms with Crippen molar-refractivity contribution in [3.63, 3.8) is 0 Å². The second kappa shape index (κ2) is 15.5. The molecule has 0 amide bonds. The van der Waals surface area contributed by atoms with Crippen LogP contribution in [0.4, 0.5) is 0 Å². The number of hydrazone groups is 1. The van der Waals surface area contributed by atoms with Crippen LogP contribution in [0.3, 0.4) is 0 Å². The Balaban J connectivity index is 0.00000210. The maximum atomic E-state index is 11.8. The molecule has 0 radical (unpaired) electrons. The minimum atomic E-state index is -0.413. The highest BCUT2D eigenvalue weighted by atomic mass is 32.2. The van der Waals surface area contributed by atoms with Crippen molar-refractivity contribution in [2.75, 3.05) is 19.8 Å². The molecule has 0 aliphatic heterocycles. The summed E-state index contributed by atoms with van der Waals surface area (Å²) in [4.78, 5) is 16.0. The first kappa shape index (κ1) is 24.2. The number of nitrogens with one attached hydrogen (secondary N) is 3. The van der Waals surface area contributed by atoms with Gasteiger partial charge in [-0.3, -0.25) is 15.2 Å². The maximum Gasteiger partial charge on any atom is 0.202 e. The maximum absolute atomic E-state index is 11.8. The van der Waals surface area contributed by atoms with Crippen LogP contribution in [0.25, 0.3) is 12.2 Å². The van der Waals surface area contributed by atoms with E-state index in [1.807, 2.05) is 37.7 Å². The van der Waals surface area contributed by atoms with Gasteiger partial charge in [-0.2, -0.15) is 5.10 Å². The number of hydrogen-bond acceptors (Lipinski definition) is 7. The second-order valence-corrected chi connectivity index (χ2v) is 5.87. The summed E-state index contributed by atoms with van der Waals surface area (Å²) in [6.45, 7) is 10.8. The van der Waals surface area contributed by atoms with E-state index in [-0.39, 0.29) is 5.78 Å². The molecule has 0 aromatic carbocycles. The smallest absolute Gasteiger partial charge is 0.202 e. The Kier molecular flexibility index (Phi) is 13.9. The zero-order chi connectivity index (χ0) is 20.5. The summed E-state index contributed by atoms with van der Waals surface area (Å²) in [5.74, 6) is 0.115. The summed E-state index contributed by atoms with van der Waals surface area (Å²) in [7, 11) is 3.75. The highest BCUT2D eigenvalue weighted by molar-refractivity contribution is 8.03. The quantitative estimate of drug-likeness (QED) is 0.236. The molecule has 0 saturated carbocycles. The van der Waals surface area contributed by atoms with Crippen molar-refractivity contribution in [2.45, 2.75) is 6.04 Å². The lowest BCUT2D eigenvalue weighted by atomic mass is 10.2. The van der Waals surface area contributed by atoms with Crippen molar-refractivity contribution in [3.8, 4) is 0 Å². The Morgan fingerprint density at radius 2 is 2.11 bits per heavy atom. The van der Waals surface area contributed by atoms with Crippen LogP contribution in [0.1, 0.15) is 11.3 Å². The fraction of sp³-hybridized carbons (Fsp3) is 0.200. The fourth-order valence-electron chi connectivity index (χ4n) is 1.58. The summed E-state index contributed by atoms with van der Waals surface area (Å²) in [5, 5.41) is 15.9. The Bertz CT molecular complexity index is 689. The third-order valence-corrected chi connectivity index (χ3v) is 3.65. The van der Waals surface area contributed by atoms with Crippen LogP contribution in [-0.4, -0.2) is 48.6 Å². The Hall–Kier alpha value is -2.77. The molecule has 1 rings (SSSR count). The molecule has 27 heavy (non-hydrogen) atoms. The van der Waals surface area contributed by atoms with E-state index in [2.05, 4.69) is 40.6 Å². The topological polar surface area (TPSA) is 90.2 Å². The minimum Gasteiger partial charge on any atom is -0.323 e. The number of allylic oxidation sites excluding steroid dienone is 1. The first-order valence-electron chi connectivity index (χ1n) is 8.13. The number of aromatic nitrogens is 1. The van der Waals surface area contributed by atoms with Gasteiger partial charge in [0.15, 0.2) is 0 Å². The van der Waals surface area contributed by atoms with Gasteiger partial charge >= 0.3 is 0 Å². The second-order valence-electron chi connectivity index (χ2n) is 4.98. The summed E-state index contributed by atoms with van der Waals surface area (Å²) in [6, 6.07) is 3.37. The van der Waals surface area contributed by atoms with Crippen molar-refractivity contribution >= 4 is 41.6 Å². The number of nitrogens with zero attached hydrogens (tertiary/aromatic N) is 2. The van der Waals surface area contributed by atoms with Gasteiger partial charge in [-0.1, -0.05) is 25.3 Å². The molecule has 1 aromatic rings. The number of hydrogen-bond donors (Lipinski definition) is 3. The third kappa shape index (κ3) is 10.1. The summed E-state index contributed by atoms with van der Waals surface area (Å²) in [5.41, 5.74) is 4.78. The molecular weight excluding hydrogens is 358 g/mol. The number of carbonyl (C=O) groups is 1. The van der Waals surface area contributed by atoms with E-state index in [1.165, 1.54) is 23.9 Å². The van der Waals surface area contributed by atoms with E-state index >= 15 is 0 Å². The van der Waals surface area contributed by atoms with Crippen LogP contribution < -0.4 is 10.7 Å². The molecule has 0 bridgehead atoms. The van der Waals surface area contributed by atoms with Crippen molar-refractivity contribution < 1.29 is 4.79 Å². The molecule has 0 spiro atoms. The Labute approximate surface area is 165 Å². The lowest BCUT2D eigenvalue weighted by Gasteiger charge is -2.07. The van der Waals surface area contributed by atoms with E-state index in [9.17, 15) is 4.79 Å². The van der Waals surface area contributed by atoms with Crippen LogP contribution in [0.15, 0.2) is 60.7 Å². The van der Waals surface area contributed by atoms with Gasteiger partial charge in [0.2, 0.25) is 5.78 Å². The molecule has 0 saturated heterocycles. The van der Waals surface area contributed by atoms with E-state index in [4.69, 9.17) is 5.41 Å². The van der Waals surface area contributed by atoms with Crippen molar-refractivity contribution in [1.82, 2.24) is 15.7 Å². The average Bonchev–Trinajstić information content (AvgIpc) is 2.70. The van der Waals surface area contributed by atoms with Crippen LogP contribution in [0, 0.1) is 5.41 Å². The van der Waals surface area contributed by atoms with Crippen LogP contribution in [-0.2, 0) is 4.79 Å². The lowest BCUT2D eigenvalue weighted by Crippen LogP contribution is -2.27. The van der Waals surface area contributed by atoms with Crippen LogP contribution in [0.5, 0.6) is 0 Å². The van der Waals surface area contributed by atoms with Gasteiger partial charge in [0.1, 0.15) is 5.71 Å². The van der Waals surface area contributed by atoms with Gasteiger partial charge in [0.25, 0.3) is 0 Å². The number of thioether (sulfide) groups is 1. The minimum absolute atomic E-state index is 0.260. The lowest BCUT2D eigenvalue weighted by molar-refractivity contribution is -0.108. The first-order valence-corrected chi connectivity index (χ1v) is 9.18. The number of rotatable bonds is 11. The molecule has 1 unspecified atom stereocenters. The molecule has 3 N–H and O–H groups in total. The Morgan fingerprint density at radius 3 is 2.67 bits per heavy atom. The third-order valence-electron chi connectivity index (χ3n) is 2.88. The zero-order valence-corrected chi connectivity index (χ0v) is 16.6. The van der Waals surface area contributed by atoms with Crippen molar-refractivity contribution in [3.05, 3.63) is 66.9 Å². The van der Waals surface area contributed by atoms with E-state index < -0.39 is 6.04 Å². The largest absolute Gasteiger partial charge is 0.323 e. The van der Waals surface area contributed by atoms with Crippen LogP contribution in [0.2, 0.25) is 0 Å². The number of carbonyl (C=O) groups excluding carboxylic acids is 1. The monoisotopic (exact) mass is 385 g/mol. The number of pyridine rings is 1. The molecule has 6 nitrogen and oxygen atoms in total. The van der Waals surface area contributed by atoms with Gasteiger partial charge in [0, 0.05) is 23.7 Å². The fourth-order valence-corrected chi connectivity index (χ4v) is 2.28. The molecule has 1 heterocycles. The standard InChI is InChI=1S/C18H20N4OS.C2H7N/c1-4-15(12-19)21-22-17(18(23)6-3)13-24-11-9-14-8-7-10-20-16(14)5-2;1-3-2/h4-12,15,19,21H,1-3,13H2;3H,1-2H3/b11-9+,19-12?,22-17-;. The predicted molar refractivity (Wildman–Crippen MR) is 119 cm³/mol. The van der Waals surface area contributed by atoms with Gasteiger partial charge < -0.3 is 10.7 Å². The highest BCUT2D eigenvalue weighted by Gasteiger charge is 2.08. The van der Waals surface area contributed by atoms with E-state index in [0.717, 1.165) is 17.5 Å². The van der Waals surface area contributed by atoms with E-state index in [0.29, 0.717) is 11.5 Å². The Morgan fingerprint density at radius 1 is 1.41 bits per heavy atom. The van der Waals surface area contributed by atoms with E-state index in [1.54, 1.807) is 12.3 Å². The van der Waals surface area contributed by atoms with Crippen LogP contribution >= 0.6 is 11.8 Å². The molecule has 1 aromatic heterocycles. The van der Waals surface area contributed by atoms with Gasteiger partial charge in [-0.15, -0.1) is 18.3 Å². The number of ketones is 1. The predicted octanol–water partition coefficient (Wildman–Crippen LogP) is 3.17. The van der Waals surface area contributed by atoms with Crippen molar-refractivity contribution in [1.29, 1.82) is 5.41 Å². The van der Waals surface area contributed by atoms with Gasteiger partial charge in [-0.05, 0) is 43.8 Å². The average molecular weight is 386 g/mol. The highest BCUT2D eigenvalue weighted by Crippen LogP contribution is 2.13. The summed E-state index contributed by atoms with van der Waals surface area (Å²) >= 11 is 1.42. The first-order chi connectivity index (χ1) is 13.1. The molecule has 0 fully saturated rings. The molecular formula is C20H27N5OS. The molecule has 0 aliphatic carbocycles. The normalized spacial score (nSPS) is 11.7. The summed E-state index contributed by atoms with van der Waals surface area (Å²) in [6.07, 6.45) is 9.20. The molecule has 144 valence electrons. The molecule has 1 atom stereocenters. The zero-order valence-electron chi connectivity index (χ0n) is 15.8. The van der Waals surface area contributed by atoms with Gasteiger partial charge in [-0.25, -0.2) is 0 Å². The SMILES string of the molecule is C=CC(=O)/C(CS/C=C/c1cccnc1C=C)=N\NC(C=C)C=N.CNC. The van der Waals surface area contributed by atoms with Gasteiger partial charge in [0.05, 0.1) is 11.7 Å².